The van der Waals surface area contributed by atoms with Gasteiger partial charge in [-0.05, 0) is 32.5 Å². The lowest BCUT2D eigenvalue weighted by atomic mass is 10.00. The summed E-state index contributed by atoms with van der Waals surface area (Å²) in [6.45, 7) is 6.97. The molecular formula is C15H32OSi. The average molecular weight is 257 g/mol. The van der Waals surface area contributed by atoms with Gasteiger partial charge in [-0.1, -0.05) is 57.8 Å². The van der Waals surface area contributed by atoms with Gasteiger partial charge in [-0.3, -0.25) is 0 Å². The van der Waals surface area contributed by atoms with E-state index in [1.807, 2.05) is 0 Å². The summed E-state index contributed by atoms with van der Waals surface area (Å²) in [4.78, 5) is 0. The minimum atomic E-state index is -1.33. The molecule has 1 aliphatic carbocycles. The highest BCUT2D eigenvalue weighted by Crippen LogP contribution is 2.21. The van der Waals surface area contributed by atoms with Gasteiger partial charge in [0.15, 0.2) is 8.32 Å². The zero-order chi connectivity index (χ0) is 12.6. The van der Waals surface area contributed by atoms with Gasteiger partial charge in [0.2, 0.25) is 0 Å². The van der Waals surface area contributed by atoms with Gasteiger partial charge in [-0.25, -0.2) is 0 Å². The summed E-state index contributed by atoms with van der Waals surface area (Å²) >= 11 is 0. The van der Waals surface area contributed by atoms with E-state index in [0.29, 0.717) is 6.10 Å². The highest BCUT2D eigenvalue weighted by Gasteiger charge is 2.20. The van der Waals surface area contributed by atoms with Crippen LogP contribution in [-0.4, -0.2) is 14.4 Å². The van der Waals surface area contributed by atoms with Gasteiger partial charge in [0.1, 0.15) is 0 Å². The van der Waals surface area contributed by atoms with Crippen LogP contribution in [0.3, 0.4) is 0 Å². The molecule has 0 N–H and O–H groups in total. The maximum atomic E-state index is 6.32. The van der Waals surface area contributed by atoms with Crippen LogP contribution in [0.4, 0.5) is 0 Å². The molecule has 0 atom stereocenters. The van der Waals surface area contributed by atoms with Crippen molar-refractivity contribution in [2.24, 2.45) is 0 Å². The summed E-state index contributed by atoms with van der Waals surface area (Å²) < 4.78 is 6.32. The quantitative estimate of drug-likeness (QED) is 0.592. The molecule has 102 valence electrons. The lowest BCUT2D eigenvalue weighted by Crippen LogP contribution is -2.32. The largest absolute Gasteiger partial charge is 0.415 e. The molecule has 0 saturated heterocycles. The van der Waals surface area contributed by atoms with E-state index < -0.39 is 8.32 Å². The lowest BCUT2D eigenvalue weighted by Gasteiger charge is -2.27. The Bertz CT molecular complexity index is 174. The zero-order valence-electron chi connectivity index (χ0n) is 12.3. The molecule has 1 fully saturated rings. The van der Waals surface area contributed by atoms with Crippen molar-refractivity contribution in [1.29, 1.82) is 0 Å². The van der Waals surface area contributed by atoms with Crippen molar-refractivity contribution in [1.82, 2.24) is 0 Å². The fourth-order valence-corrected chi connectivity index (χ4v) is 3.98. The minimum Gasteiger partial charge on any atom is -0.415 e. The molecule has 0 spiro atoms. The predicted octanol–water partition coefficient (Wildman–Crippen LogP) is 5.51. The Balaban J connectivity index is 2.32. The third-order valence-corrected chi connectivity index (χ3v) is 4.61. The van der Waals surface area contributed by atoms with Crippen LogP contribution in [0.1, 0.15) is 70.6 Å². The Hall–Kier alpha value is 0.177. The van der Waals surface area contributed by atoms with Crippen LogP contribution < -0.4 is 0 Å². The summed E-state index contributed by atoms with van der Waals surface area (Å²) in [5, 5.41) is 0. The van der Waals surface area contributed by atoms with Gasteiger partial charge in [-0.15, -0.1) is 0 Å². The SMILES string of the molecule is C[Si](C)(C)OC1CCCCCCCCCCC1. The summed E-state index contributed by atoms with van der Waals surface area (Å²) in [5.41, 5.74) is 0. The fourth-order valence-electron chi connectivity index (χ4n) is 2.74. The van der Waals surface area contributed by atoms with E-state index in [1.165, 1.54) is 70.6 Å². The Morgan fingerprint density at radius 3 is 1.35 bits per heavy atom. The molecule has 0 aromatic rings. The van der Waals surface area contributed by atoms with Gasteiger partial charge < -0.3 is 4.43 Å². The fraction of sp³-hybridized carbons (Fsp3) is 1.00. The van der Waals surface area contributed by atoms with Crippen molar-refractivity contribution in [3.8, 4) is 0 Å². The van der Waals surface area contributed by atoms with Gasteiger partial charge in [0, 0.05) is 6.10 Å². The molecule has 0 aromatic heterocycles. The first-order valence-corrected chi connectivity index (χ1v) is 11.2. The van der Waals surface area contributed by atoms with Crippen LogP contribution in [0.25, 0.3) is 0 Å². The third-order valence-electron chi connectivity index (χ3n) is 3.57. The van der Waals surface area contributed by atoms with Gasteiger partial charge in [0.25, 0.3) is 0 Å². The highest BCUT2D eigenvalue weighted by atomic mass is 28.4. The maximum Gasteiger partial charge on any atom is 0.184 e. The van der Waals surface area contributed by atoms with Crippen LogP contribution >= 0.6 is 0 Å². The normalized spacial score (nSPS) is 22.8. The molecule has 2 heteroatoms. The summed E-state index contributed by atoms with van der Waals surface area (Å²) in [6.07, 6.45) is 16.1. The number of hydrogen-bond acceptors (Lipinski definition) is 1. The molecule has 0 aliphatic heterocycles. The lowest BCUT2D eigenvalue weighted by molar-refractivity contribution is 0.164. The second kappa shape index (κ2) is 8.31. The Labute approximate surface area is 109 Å². The Morgan fingerprint density at radius 1 is 0.647 bits per heavy atom. The van der Waals surface area contributed by atoms with Crippen LogP contribution in [0.2, 0.25) is 19.6 Å². The van der Waals surface area contributed by atoms with E-state index in [1.54, 1.807) is 0 Å². The van der Waals surface area contributed by atoms with Crippen molar-refractivity contribution in [2.75, 3.05) is 0 Å². The van der Waals surface area contributed by atoms with Crippen LogP contribution in [0, 0.1) is 0 Å². The van der Waals surface area contributed by atoms with Gasteiger partial charge in [0.05, 0.1) is 0 Å². The van der Waals surface area contributed by atoms with Gasteiger partial charge in [-0.2, -0.15) is 0 Å². The molecule has 0 radical (unpaired) electrons. The van der Waals surface area contributed by atoms with E-state index >= 15 is 0 Å². The smallest absolute Gasteiger partial charge is 0.184 e. The Morgan fingerprint density at radius 2 is 1.00 bits per heavy atom. The molecular weight excluding hydrogens is 224 g/mol. The van der Waals surface area contributed by atoms with Crippen LogP contribution in [-0.2, 0) is 4.43 Å². The first-order chi connectivity index (χ1) is 8.08. The van der Waals surface area contributed by atoms with E-state index in [4.69, 9.17) is 4.43 Å². The first kappa shape index (κ1) is 15.2. The molecule has 0 amide bonds. The monoisotopic (exact) mass is 256 g/mol. The first-order valence-electron chi connectivity index (χ1n) is 7.76. The van der Waals surface area contributed by atoms with Crippen molar-refractivity contribution in [3.63, 3.8) is 0 Å². The molecule has 0 unspecified atom stereocenters. The topological polar surface area (TPSA) is 9.23 Å². The van der Waals surface area contributed by atoms with Crippen LogP contribution in [0.5, 0.6) is 0 Å². The number of hydrogen-bond donors (Lipinski definition) is 0. The predicted molar refractivity (Wildman–Crippen MR) is 79.0 cm³/mol. The molecule has 1 nitrogen and oxygen atoms in total. The minimum absolute atomic E-state index is 0.570. The third kappa shape index (κ3) is 8.84. The molecule has 17 heavy (non-hydrogen) atoms. The van der Waals surface area contributed by atoms with E-state index in [0.717, 1.165) is 0 Å². The molecule has 1 rings (SSSR count). The van der Waals surface area contributed by atoms with Crippen molar-refractivity contribution < 1.29 is 4.43 Å². The van der Waals surface area contributed by atoms with Crippen molar-refractivity contribution >= 4 is 8.32 Å². The van der Waals surface area contributed by atoms with E-state index in [2.05, 4.69) is 19.6 Å². The molecule has 0 aromatic carbocycles. The molecule has 0 bridgehead atoms. The second-order valence-electron chi connectivity index (χ2n) is 6.61. The summed E-state index contributed by atoms with van der Waals surface area (Å²) in [6, 6.07) is 0. The summed E-state index contributed by atoms with van der Waals surface area (Å²) in [7, 11) is -1.33. The van der Waals surface area contributed by atoms with E-state index in [-0.39, 0.29) is 0 Å². The summed E-state index contributed by atoms with van der Waals surface area (Å²) in [5.74, 6) is 0. The Kier molecular flexibility index (Phi) is 7.45. The second-order valence-corrected chi connectivity index (χ2v) is 11.1. The standard InChI is InChI=1S/C15H32OSi/c1-17(2,3)16-15-13-11-9-7-5-4-6-8-10-12-14-15/h15H,4-14H2,1-3H3. The average Bonchev–Trinajstić information content (AvgIpc) is 2.20. The molecule has 0 heterocycles. The van der Waals surface area contributed by atoms with Gasteiger partial charge >= 0.3 is 0 Å². The van der Waals surface area contributed by atoms with E-state index in [9.17, 15) is 0 Å². The van der Waals surface area contributed by atoms with Crippen molar-refractivity contribution in [3.05, 3.63) is 0 Å². The number of rotatable bonds is 2. The highest BCUT2D eigenvalue weighted by molar-refractivity contribution is 6.69. The maximum absolute atomic E-state index is 6.32. The zero-order valence-corrected chi connectivity index (χ0v) is 13.3. The molecule has 1 saturated carbocycles. The van der Waals surface area contributed by atoms with Crippen LogP contribution in [0.15, 0.2) is 0 Å². The molecule has 1 aliphatic rings. The van der Waals surface area contributed by atoms with Crippen molar-refractivity contribution in [2.45, 2.75) is 96.4 Å².